The van der Waals surface area contributed by atoms with E-state index in [2.05, 4.69) is 18.2 Å². The molecule has 2 aromatic heterocycles. The van der Waals surface area contributed by atoms with Crippen LogP contribution >= 0.6 is 0 Å². The fourth-order valence-corrected chi connectivity index (χ4v) is 3.00. The van der Waals surface area contributed by atoms with Crippen molar-refractivity contribution in [1.82, 2.24) is 9.38 Å². The number of nitrogens with zero attached hydrogens (tertiary/aromatic N) is 2. The van der Waals surface area contributed by atoms with Crippen LogP contribution in [0.1, 0.15) is 11.1 Å². The average molecular weight is 305 g/mol. The van der Waals surface area contributed by atoms with Crippen LogP contribution in [-0.4, -0.2) is 9.38 Å². The van der Waals surface area contributed by atoms with E-state index in [-0.39, 0.29) is 5.82 Å². The number of anilines is 1. The third-order valence-electron chi connectivity index (χ3n) is 4.26. The molecule has 0 radical (unpaired) electrons. The van der Waals surface area contributed by atoms with Crippen molar-refractivity contribution >= 4 is 22.2 Å². The molecule has 23 heavy (non-hydrogen) atoms. The second-order valence-electron chi connectivity index (χ2n) is 5.90. The Balaban J connectivity index is 2.09. The molecule has 0 aliphatic carbocycles. The van der Waals surface area contributed by atoms with Crippen LogP contribution in [0.5, 0.6) is 0 Å². The predicted octanol–water partition coefficient (Wildman–Crippen LogP) is 4.49. The molecule has 0 amide bonds. The summed E-state index contributed by atoms with van der Waals surface area (Å²) in [5.41, 5.74) is 10.5. The largest absolute Gasteiger partial charge is 0.383 e. The third kappa shape index (κ3) is 2.06. The second kappa shape index (κ2) is 4.81. The molecule has 2 heterocycles. The van der Waals surface area contributed by atoms with Crippen molar-refractivity contribution in [2.24, 2.45) is 0 Å². The SMILES string of the molecule is Cc1ccc2ccn3c(N)c(-c4cc(F)ccc4C)nc3c2c1. The number of nitrogens with two attached hydrogens (primary N) is 1. The molecule has 2 N–H and O–H groups in total. The van der Waals surface area contributed by atoms with Gasteiger partial charge in [-0.2, -0.15) is 0 Å². The van der Waals surface area contributed by atoms with Crippen LogP contribution in [0.3, 0.4) is 0 Å². The van der Waals surface area contributed by atoms with Crippen LogP contribution in [-0.2, 0) is 0 Å². The van der Waals surface area contributed by atoms with E-state index in [1.165, 1.54) is 12.1 Å². The summed E-state index contributed by atoms with van der Waals surface area (Å²) < 4.78 is 15.5. The second-order valence-corrected chi connectivity index (χ2v) is 5.90. The number of hydrogen-bond donors (Lipinski definition) is 1. The molecule has 4 heteroatoms. The molecule has 0 atom stereocenters. The summed E-state index contributed by atoms with van der Waals surface area (Å²) in [4.78, 5) is 4.72. The maximum absolute atomic E-state index is 13.7. The smallest absolute Gasteiger partial charge is 0.147 e. The van der Waals surface area contributed by atoms with Crippen molar-refractivity contribution in [3.05, 3.63) is 65.6 Å². The molecule has 0 unspecified atom stereocenters. The van der Waals surface area contributed by atoms with Crippen molar-refractivity contribution in [2.75, 3.05) is 5.73 Å². The Kier molecular flexibility index (Phi) is 2.88. The van der Waals surface area contributed by atoms with Crippen LogP contribution in [0.4, 0.5) is 10.2 Å². The first-order valence-corrected chi connectivity index (χ1v) is 7.48. The van der Waals surface area contributed by atoms with E-state index in [1.54, 1.807) is 6.07 Å². The molecule has 0 saturated heterocycles. The highest BCUT2D eigenvalue weighted by atomic mass is 19.1. The Morgan fingerprint density at radius 1 is 1.04 bits per heavy atom. The molecule has 0 saturated carbocycles. The molecular formula is C19H16FN3. The first kappa shape index (κ1) is 13.8. The van der Waals surface area contributed by atoms with E-state index in [0.717, 1.165) is 33.1 Å². The number of fused-ring (bicyclic) bond motifs is 3. The molecule has 0 aliphatic rings. The predicted molar refractivity (Wildman–Crippen MR) is 92.0 cm³/mol. The van der Waals surface area contributed by atoms with E-state index < -0.39 is 0 Å². The monoisotopic (exact) mass is 305 g/mol. The molecule has 2 aromatic carbocycles. The van der Waals surface area contributed by atoms with E-state index >= 15 is 0 Å². The molecule has 0 fully saturated rings. The molecule has 0 aliphatic heterocycles. The van der Waals surface area contributed by atoms with Crippen molar-refractivity contribution in [2.45, 2.75) is 13.8 Å². The first-order chi connectivity index (χ1) is 11.0. The Morgan fingerprint density at radius 3 is 2.70 bits per heavy atom. The Bertz CT molecular complexity index is 1060. The molecule has 0 bridgehead atoms. The van der Waals surface area contributed by atoms with E-state index in [4.69, 9.17) is 10.7 Å². The van der Waals surface area contributed by atoms with Gasteiger partial charge in [0.2, 0.25) is 0 Å². The highest BCUT2D eigenvalue weighted by Gasteiger charge is 2.15. The summed E-state index contributed by atoms with van der Waals surface area (Å²) >= 11 is 0. The molecule has 114 valence electrons. The highest BCUT2D eigenvalue weighted by molar-refractivity contribution is 5.97. The number of pyridine rings is 1. The number of hydrogen-bond acceptors (Lipinski definition) is 2. The number of halogens is 1. The number of aromatic nitrogens is 2. The lowest BCUT2D eigenvalue weighted by Gasteiger charge is -2.04. The van der Waals surface area contributed by atoms with Crippen LogP contribution in [0, 0.1) is 19.7 Å². The Morgan fingerprint density at radius 2 is 1.87 bits per heavy atom. The maximum atomic E-state index is 13.7. The number of benzene rings is 2. The van der Waals surface area contributed by atoms with Crippen molar-refractivity contribution in [1.29, 1.82) is 0 Å². The van der Waals surface area contributed by atoms with Gasteiger partial charge in [-0.25, -0.2) is 9.37 Å². The molecule has 4 rings (SSSR count). The van der Waals surface area contributed by atoms with Gasteiger partial charge >= 0.3 is 0 Å². The van der Waals surface area contributed by atoms with Gasteiger partial charge in [-0.1, -0.05) is 23.8 Å². The minimum atomic E-state index is -0.289. The quantitative estimate of drug-likeness (QED) is 0.563. The number of nitrogen functional groups attached to an aromatic ring is 1. The normalized spacial score (nSPS) is 11.4. The fraction of sp³-hybridized carbons (Fsp3) is 0.105. The molecule has 4 aromatic rings. The van der Waals surface area contributed by atoms with E-state index in [9.17, 15) is 4.39 Å². The lowest BCUT2D eigenvalue weighted by Crippen LogP contribution is -1.95. The van der Waals surface area contributed by atoms with Crippen molar-refractivity contribution < 1.29 is 4.39 Å². The fourth-order valence-electron chi connectivity index (χ4n) is 3.00. The summed E-state index contributed by atoms with van der Waals surface area (Å²) in [6.45, 7) is 3.98. The Labute approximate surface area is 133 Å². The lowest BCUT2D eigenvalue weighted by atomic mass is 10.1. The minimum Gasteiger partial charge on any atom is -0.383 e. The number of rotatable bonds is 1. The van der Waals surface area contributed by atoms with Crippen LogP contribution in [0.2, 0.25) is 0 Å². The van der Waals surface area contributed by atoms with Gasteiger partial charge in [-0.05, 0) is 49.1 Å². The van der Waals surface area contributed by atoms with Gasteiger partial charge in [-0.15, -0.1) is 0 Å². The zero-order valence-electron chi connectivity index (χ0n) is 13.0. The molecule has 3 nitrogen and oxygen atoms in total. The van der Waals surface area contributed by atoms with Gasteiger partial charge in [0.05, 0.1) is 0 Å². The average Bonchev–Trinajstić information content (AvgIpc) is 2.87. The van der Waals surface area contributed by atoms with Gasteiger partial charge in [0.15, 0.2) is 0 Å². The van der Waals surface area contributed by atoms with Gasteiger partial charge in [-0.3, -0.25) is 4.40 Å². The summed E-state index contributed by atoms with van der Waals surface area (Å²) in [5.74, 6) is 0.236. The third-order valence-corrected chi connectivity index (χ3v) is 4.26. The van der Waals surface area contributed by atoms with Crippen molar-refractivity contribution in [3.63, 3.8) is 0 Å². The lowest BCUT2D eigenvalue weighted by molar-refractivity contribution is 0.628. The standard InChI is InChI=1S/C19H16FN3/c1-11-3-5-13-7-8-23-18(21)17(22-19(23)16(13)9-11)15-10-14(20)6-4-12(15)2/h3-10H,21H2,1-2H3. The summed E-state index contributed by atoms with van der Waals surface area (Å²) in [6.07, 6.45) is 1.91. The zero-order valence-corrected chi connectivity index (χ0v) is 13.0. The first-order valence-electron chi connectivity index (χ1n) is 7.48. The van der Waals surface area contributed by atoms with Crippen LogP contribution in [0.25, 0.3) is 27.7 Å². The van der Waals surface area contributed by atoms with Gasteiger partial charge in [0, 0.05) is 17.1 Å². The molecular weight excluding hydrogens is 289 g/mol. The van der Waals surface area contributed by atoms with Gasteiger partial charge < -0.3 is 5.73 Å². The summed E-state index contributed by atoms with van der Waals surface area (Å²) in [7, 11) is 0. The van der Waals surface area contributed by atoms with Gasteiger partial charge in [0.25, 0.3) is 0 Å². The van der Waals surface area contributed by atoms with Crippen LogP contribution < -0.4 is 5.73 Å². The zero-order chi connectivity index (χ0) is 16.1. The van der Waals surface area contributed by atoms with Gasteiger partial charge in [0.1, 0.15) is 23.0 Å². The molecule has 0 spiro atoms. The number of aryl methyl sites for hydroxylation is 2. The van der Waals surface area contributed by atoms with E-state index in [1.807, 2.05) is 30.5 Å². The Hall–Kier alpha value is -2.88. The number of imidazole rings is 1. The summed E-state index contributed by atoms with van der Waals surface area (Å²) in [5, 5.41) is 2.15. The van der Waals surface area contributed by atoms with Crippen molar-refractivity contribution in [3.8, 4) is 11.3 Å². The minimum absolute atomic E-state index is 0.289. The summed E-state index contributed by atoms with van der Waals surface area (Å²) in [6, 6.07) is 12.9. The maximum Gasteiger partial charge on any atom is 0.147 e. The topological polar surface area (TPSA) is 43.3 Å². The highest BCUT2D eigenvalue weighted by Crippen LogP contribution is 2.32. The van der Waals surface area contributed by atoms with E-state index in [0.29, 0.717) is 11.5 Å². The van der Waals surface area contributed by atoms with Crippen LogP contribution in [0.15, 0.2) is 48.7 Å².